The Bertz CT molecular complexity index is 546. The Morgan fingerprint density at radius 1 is 1.38 bits per heavy atom. The van der Waals surface area contributed by atoms with E-state index in [4.69, 9.17) is 9.47 Å². The highest BCUT2D eigenvalue weighted by Gasteiger charge is 2.23. The number of carbonyl (C=O) groups excluding carboxylic acids is 1. The summed E-state index contributed by atoms with van der Waals surface area (Å²) >= 11 is 0. The van der Waals surface area contributed by atoms with Crippen molar-refractivity contribution in [3.8, 4) is 0 Å². The van der Waals surface area contributed by atoms with Gasteiger partial charge < -0.3 is 14.8 Å². The van der Waals surface area contributed by atoms with Crippen LogP contribution in [0.15, 0.2) is 12.1 Å². The lowest BCUT2D eigenvalue weighted by Crippen LogP contribution is -2.43. The third kappa shape index (κ3) is 3.96. The Hall–Kier alpha value is -2.06. The number of rotatable bonds is 6. The van der Waals surface area contributed by atoms with Crippen molar-refractivity contribution in [1.29, 1.82) is 0 Å². The van der Waals surface area contributed by atoms with Gasteiger partial charge in [-0.25, -0.2) is 4.39 Å². The van der Waals surface area contributed by atoms with Crippen molar-refractivity contribution in [2.24, 2.45) is 0 Å². The van der Waals surface area contributed by atoms with Crippen LogP contribution in [0.3, 0.4) is 0 Å². The van der Waals surface area contributed by atoms with Crippen molar-refractivity contribution in [2.75, 3.05) is 14.2 Å². The molecule has 1 rings (SSSR count). The lowest BCUT2D eigenvalue weighted by molar-refractivity contribution is -0.385. The largest absolute Gasteiger partial charge is 0.354 e. The monoisotopic (exact) mass is 300 g/mol. The summed E-state index contributed by atoms with van der Waals surface area (Å²) in [6.45, 7) is 2.97. The van der Waals surface area contributed by atoms with Gasteiger partial charge in [-0.1, -0.05) is 0 Å². The molecule has 0 bridgehead atoms. The number of non-ortho nitro benzene ring substituents is 1. The van der Waals surface area contributed by atoms with Crippen LogP contribution < -0.4 is 5.32 Å². The smallest absolute Gasteiger partial charge is 0.270 e. The van der Waals surface area contributed by atoms with Crippen molar-refractivity contribution in [3.63, 3.8) is 0 Å². The molecule has 0 aliphatic heterocycles. The summed E-state index contributed by atoms with van der Waals surface area (Å²) in [5, 5.41) is 13.3. The van der Waals surface area contributed by atoms with Gasteiger partial charge in [-0.2, -0.15) is 0 Å². The van der Waals surface area contributed by atoms with Gasteiger partial charge in [-0.15, -0.1) is 0 Å². The summed E-state index contributed by atoms with van der Waals surface area (Å²) in [5.41, 5.74) is -0.710. The maximum absolute atomic E-state index is 14.0. The first kappa shape index (κ1) is 17.0. The zero-order chi connectivity index (χ0) is 16.2. The minimum Gasteiger partial charge on any atom is -0.354 e. The Morgan fingerprint density at radius 3 is 2.43 bits per heavy atom. The summed E-state index contributed by atoms with van der Waals surface area (Å²) in [4.78, 5) is 22.1. The molecule has 0 fully saturated rings. The molecule has 0 aromatic heterocycles. The molecule has 1 N–H and O–H groups in total. The summed E-state index contributed by atoms with van der Waals surface area (Å²) in [7, 11) is 2.80. The summed E-state index contributed by atoms with van der Waals surface area (Å²) in [6.07, 6.45) is -0.711. The topological polar surface area (TPSA) is 90.7 Å². The molecular formula is C13H17FN2O5. The van der Waals surface area contributed by atoms with Gasteiger partial charge in [-0.05, 0) is 19.4 Å². The number of methoxy groups -OCH3 is 2. The summed E-state index contributed by atoms with van der Waals surface area (Å²) in [6, 6.07) is 1.41. The van der Waals surface area contributed by atoms with E-state index in [0.717, 1.165) is 12.1 Å². The van der Waals surface area contributed by atoms with Gasteiger partial charge >= 0.3 is 0 Å². The van der Waals surface area contributed by atoms with Gasteiger partial charge in [-0.3, -0.25) is 14.9 Å². The predicted octanol–water partition coefficient (Wildman–Crippen LogP) is 1.78. The van der Waals surface area contributed by atoms with Gasteiger partial charge in [0.2, 0.25) is 0 Å². The number of halogens is 1. The molecule has 0 spiro atoms. The van der Waals surface area contributed by atoms with Crippen LogP contribution in [0.5, 0.6) is 0 Å². The van der Waals surface area contributed by atoms with E-state index >= 15 is 0 Å². The third-order valence-electron chi connectivity index (χ3n) is 2.93. The fourth-order valence-corrected chi connectivity index (χ4v) is 1.88. The van der Waals surface area contributed by atoms with Crippen LogP contribution >= 0.6 is 0 Å². The lowest BCUT2D eigenvalue weighted by atomic mass is 10.1. The number of nitro benzene ring substituents is 1. The van der Waals surface area contributed by atoms with Crippen molar-refractivity contribution in [2.45, 2.75) is 26.2 Å². The Balaban J connectivity index is 3.04. The number of ether oxygens (including phenoxy) is 2. The molecule has 0 aliphatic rings. The van der Waals surface area contributed by atoms with Gasteiger partial charge in [0.15, 0.2) is 6.29 Å². The number of nitrogens with one attached hydrogen (secondary N) is 1. The van der Waals surface area contributed by atoms with E-state index in [1.165, 1.54) is 21.1 Å². The number of carbonyl (C=O) groups is 1. The molecule has 21 heavy (non-hydrogen) atoms. The van der Waals surface area contributed by atoms with E-state index in [-0.39, 0.29) is 16.8 Å². The van der Waals surface area contributed by atoms with Crippen LogP contribution in [-0.4, -0.2) is 37.4 Å². The molecule has 1 atom stereocenters. The minimum absolute atomic E-state index is 0.0250. The maximum atomic E-state index is 14.0. The molecule has 0 saturated carbocycles. The van der Waals surface area contributed by atoms with Gasteiger partial charge in [0.1, 0.15) is 5.82 Å². The standard InChI is InChI=1S/C13H17FN2O5/c1-7-5-9(16(18)19)6-10(11(7)14)12(17)15-8(2)13(20-3)21-4/h5-6,8,13H,1-4H3,(H,15,17). The molecule has 116 valence electrons. The zero-order valence-corrected chi connectivity index (χ0v) is 12.2. The molecule has 1 amide bonds. The number of amides is 1. The second-order valence-electron chi connectivity index (χ2n) is 4.48. The molecule has 0 radical (unpaired) electrons. The molecular weight excluding hydrogens is 283 g/mol. The van der Waals surface area contributed by atoms with E-state index in [9.17, 15) is 19.3 Å². The summed E-state index contributed by atoms with van der Waals surface area (Å²) < 4.78 is 23.9. The zero-order valence-electron chi connectivity index (χ0n) is 12.2. The molecule has 0 saturated heterocycles. The van der Waals surface area contributed by atoms with Crippen molar-refractivity contribution >= 4 is 11.6 Å². The highest BCUT2D eigenvalue weighted by Crippen LogP contribution is 2.21. The molecule has 1 unspecified atom stereocenters. The molecule has 0 heterocycles. The number of hydrogen-bond acceptors (Lipinski definition) is 5. The highest BCUT2D eigenvalue weighted by molar-refractivity contribution is 5.95. The fraction of sp³-hybridized carbons (Fsp3) is 0.462. The second kappa shape index (κ2) is 7.09. The number of hydrogen-bond donors (Lipinski definition) is 1. The van der Waals surface area contributed by atoms with E-state index in [1.54, 1.807) is 6.92 Å². The van der Waals surface area contributed by atoms with Gasteiger partial charge in [0.05, 0.1) is 16.5 Å². The molecule has 7 nitrogen and oxygen atoms in total. The van der Waals surface area contributed by atoms with Crippen LogP contribution in [0.25, 0.3) is 0 Å². The second-order valence-corrected chi connectivity index (χ2v) is 4.48. The van der Waals surface area contributed by atoms with E-state index < -0.39 is 29.0 Å². The van der Waals surface area contributed by atoms with Crippen LogP contribution in [0.4, 0.5) is 10.1 Å². The maximum Gasteiger partial charge on any atom is 0.270 e. The van der Waals surface area contributed by atoms with Crippen LogP contribution in [-0.2, 0) is 9.47 Å². The SMILES string of the molecule is COC(OC)C(C)NC(=O)c1cc([N+](=O)[O-])cc(C)c1F. The number of aryl methyl sites for hydroxylation is 1. The van der Waals surface area contributed by atoms with Crippen molar-refractivity contribution < 1.29 is 23.6 Å². The minimum atomic E-state index is -0.795. The van der Waals surface area contributed by atoms with Crippen molar-refractivity contribution in [1.82, 2.24) is 5.32 Å². The molecule has 8 heteroatoms. The normalized spacial score (nSPS) is 12.3. The first-order valence-corrected chi connectivity index (χ1v) is 6.12. The Labute approximate surface area is 121 Å². The quantitative estimate of drug-likeness (QED) is 0.491. The fourth-order valence-electron chi connectivity index (χ4n) is 1.88. The average molecular weight is 300 g/mol. The van der Waals surface area contributed by atoms with Gasteiger partial charge in [0, 0.05) is 26.4 Å². The average Bonchev–Trinajstić information content (AvgIpc) is 2.42. The van der Waals surface area contributed by atoms with Crippen LogP contribution in [0, 0.1) is 22.9 Å². The molecule has 1 aromatic rings. The van der Waals surface area contributed by atoms with Crippen molar-refractivity contribution in [3.05, 3.63) is 39.2 Å². The van der Waals surface area contributed by atoms with E-state index in [2.05, 4.69) is 5.32 Å². The molecule has 0 aliphatic carbocycles. The first-order chi connectivity index (χ1) is 9.81. The number of benzene rings is 1. The lowest BCUT2D eigenvalue weighted by Gasteiger charge is -2.22. The van der Waals surface area contributed by atoms with Gasteiger partial charge in [0.25, 0.3) is 11.6 Å². The van der Waals surface area contributed by atoms with E-state index in [0.29, 0.717) is 0 Å². The van der Waals surface area contributed by atoms with E-state index in [1.807, 2.05) is 0 Å². The summed E-state index contributed by atoms with van der Waals surface area (Å²) in [5.74, 6) is -1.57. The Kier molecular flexibility index (Phi) is 5.74. The third-order valence-corrected chi connectivity index (χ3v) is 2.93. The van der Waals surface area contributed by atoms with Crippen LogP contribution in [0.1, 0.15) is 22.8 Å². The number of nitrogens with zero attached hydrogens (tertiary/aromatic N) is 1. The molecule has 1 aromatic carbocycles. The Morgan fingerprint density at radius 2 is 1.95 bits per heavy atom. The number of nitro groups is 1. The predicted molar refractivity (Wildman–Crippen MR) is 72.5 cm³/mol. The first-order valence-electron chi connectivity index (χ1n) is 6.12. The highest BCUT2D eigenvalue weighted by atomic mass is 19.1. The van der Waals surface area contributed by atoms with Crippen LogP contribution in [0.2, 0.25) is 0 Å².